The summed E-state index contributed by atoms with van der Waals surface area (Å²) in [6, 6.07) is 52.3. The third kappa shape index (κ3) is 4.31. The van der Waals surface area contributed by atoms with E-state index in [9.17, 15) is 5.11 Å². The zero-order valence-corrected chi connectivity index (χ0v) is 23.8. The Kier molecular flexibility index (Phi) is 6.28. The van der Waals surface area contributed by atoms with Gasteiger partial charge in [-0.15, -0.1) is 0 Å². The first-order valence-corrected chi connectivity index (χ1v) is 14.4. The maximum absolute atomic E-state index is 10.9. The van der Waals surface area contributed by atoms with Crippen molar-refractivity contribution < 1.29 is 5.11 Å². The number of anilines is 6. The Labute approximate surface area is 247 Å². The van der Waals surface area contributed by atoms with Crippen molar-refractivity contribution in [2.75, 3.05) is 9.80 Å². The molecule has 1 N–H and O–H groups in total. The number of para-hydroxylation sites is 3. The number of rotatable bonds is 6. The van der Waals surface area contributed by atoms with Crippen LogP contribution in [0.2, 0.25) is 0 Å². The van der Waals surface area contributed by atoms with Gasteiger partial charge in [-0.25, -0.2) is 0 Å². The van der Waals surface area contributed by atoms with E-state index in [-0.39, 0.29) is 11.2 Å². The molecule has 1 aliphatic carbocycles. The van der Waals surface area contributed by atoms with E-state index in [1.54, 1.807) is 6.07 Å². The van der Waals surface area contributed by atoms with Crippen LogP contribution in [0.1, 0.15) is 25.0 Å². The molecule has 0 aliphatic heterocycles. The Balaban J connectivity index is 1.48. The average Bonchev–Trinajstić information content (AvgIpc) is 3.26. The minimum absolute atomic E-state index is 0.0663. The van der Waals surface area contributed by atoms with Crippen LogP contribution in [-0.2, 0) is 5.41 Å². The topological polar surface area (TPSA) is 26.7 Å². The van der Waals surface area contributed by atoms with Crippen LogP contribution < -0.4 is 9.80 Å². The maximum atomic E-state index is 10.9. The zero-order chi connectivity index (χ0) is 28.7. The highest BCUT2D eigenvalue weighted by Gasteiger charge is 2.35. The predicted molar refractivity (Wildman–Crippen MR) is 175 cm³/mol. The first-order valence-electron chi connectivity index (χ1n) is 14.4. The number of hydrogen-bond donors (Lipinski definition) is 1. The number of nitrogens with zero attached hydrogens (tertiary/aromatic N) is 2. The third-order valence-corrected chi connectivity index (χ3v) is 8.31. The van der Waals surface area contributed by atoms with Crippen LogP contribution in [0.5, 0.6) is 5.75 Å². The Bertz CT molecular complexity index is 1820. The quantitative estimate of drug-likeness (QED) is 0.226. The van der Waals surface area contributed by atoms with Crippen molar-refractivity contribution in [1.29, 1.82) is 0 Å². The average molecular weight is 545 g/mol. The summed E-state index contributed by atoms with van der Waals surface area (Å²) >= 11 is 0. The van der Waals surface area contributed by atoms with Gasteiger partial charge in [0.25, 0.3) is 0 Å². The molecule has 204 valence electrons. The Morgan fingerprint density at radius 1 is 0.429 bits per heavy atom. The monoisotopic (exact) mass is 544 g/mol. The lowest BCUT2D eigenvalue weighted by molar-refractivity contribution is 0.475. The molecule has 0 unspecified atom stereocenters. The van der Waals surface area contributed by atoms with Crippen molar-refractivity contribution in [1.82, 2.24) is 0 Å². The summed E-state index contributed by atoms with van der Waals surface area (Å²) in [6.45, 7) is 4.62. The Hall–Kier alpha value is -5.28. The molecule has 42 heavy (non-hydrogen) atoms. The van der Waals surface area contributed by atoms with Crippen LogP contribution in [0.15, 0.2) is 152 Å². The highest BCUT2D eigenvalue weighted by Crippen LogP contribution is 2.52. The lowest BCUT2D eigenvalue weighted by Gasteiger charge is -2.33. The molecule has 0 fully saturated rings. The maximum Gasteiger partial charge on any atom is 0.117 e. The number of phenolic OH excluding ortho intramolecular Hbond substituents is 1. The lowest BCUT2D eigenvalue weighted by Crippen LogP contribution is -2.17. The normalized spacial score (nSPS) is 12.8. The molecule has 0 heterocycles. The fourth-order valence-electron chi connectivity index (χ4n) is 6.31. The molecule has 7 rings (SSSR count). The van der Waals surface area contributed by atoms with Gasteiger partial charge in [-0.1, -0.05) is 98.8 Å². The van der Waals surface area contributed by atoms with Gasteiger partial charge in [0, 0.05) is 34.2 Å². The summed E-state index contributed by atoms with van der Waals surface area (Å²) in [6.07, 6.45) is 0. The fourth-order valence-corrected chi connectivity index (χ4v) is 6.31. The van der Waals surface area contributed by atoms with Gasteiger partial charge in [-0.2, -0.15) is 0 Å². The molecular formula is C39H32N2O. The molecule has 0 amide bonds. The van der Waals surface area contributed by atoms with Crippen LogP contribution >= 0.6 is 0 Å². The van der Waals surface area contributed by atoms with Crippen molar-refractivity contribution in [3.63, 3.8) is 0 Å². The van der Waals surface area contributed by atoms with E-state index < -0.39 is 0 Å². The SMILES string of the molecule is CC1(C)c2ccccc2-c2cc(N(c3ccccc3)c3ccc(O)cc3N(c3ccccc3)c3ccccc3)ccc21. The molecule has 6 aromatic carbocycles. The summed E-state index contributed by atoms with van der Waals surface area (Å²) in [4.78, 5) is 4.50. The molecule has 6 aromatic rings. The molecule has 3 heteroatoms. The van der Waals surface area contributed by atoms with Crippen molar-refractivity contribution in [2.24, 2.45) is 0 Å². The van der Waals surface area contributed by atoms with E-state index in [2.05, 4.69) is 115 Å². The van der Waals surface area contributed by atoms with E-state index in [1.165, 1.54) is 22.3 Å². The third-order valence-electron chi connectivity index (χ3n) is 8.31. The lowest BCUT2D eigenvalue weighted by atomic mass is 9.82. The summed E-state index contributed by atoms with van der Waals surface area (Å²) in [5.74, 6) is 0.211. The minimum Gasteiger partial charge on any atom is -0.508 e. The Morgan fingerprint density at radius 3 is 1.52 bits per heavy atom. The van der Waals surface area contributed by atoms with Gasteiger partial charge in [-0.3, -0.25) is 0 Å². The molecule has 0 bridgehead atoms. The molecule has 0 radical (unpaired) electrons. The van der Waals surface area contributed by atoms with Crippen LogP contribution in [-0.4, -0.2) is 5.11 Å². The fraction of sp³-hybridized carbons (Fsp3) is 0.0769. The van der Waals surface area contributed by atoms with Crippen molar-refractivity contribution >= 4 is 34.1 Å². The second-order valence-corrected chi connectivity index (χ2v) is 11.3. The van der Waals surface area contributed by atoms with Gasteiger partial charge in [0.15, 0.2) is 0 Å². The highest BCUT2D eigenvalue weighted by atomic mass is 16.3. The van der Waals surface area contributed by atoms with Gasteiger partial charge in [0.2, 0.25) is 0 Å². The van der Waals surface area contributed by atoms with Gasteiger partial charge < -0.3 is 14.9 Å². The van der Waals surface area contributed by atoms with Gasteiger partial charge in [0.05, 0.1) is 11.4 Å². The minimum atomic E-state index is -0.0663. The first-order chi connectivity index (χ1) is 20.5. The van der Waals surface area contributed by atoms with Crippen molar-refractivity contribution in [2.45, 2.75) is 19.3 Å². The molecule has 1 aliphatic rings. The van der Waals surface area contributed by atoms with E-state index in [1.807, 2.05) is 54.6 Å². The number of hydrogen-bond acceptors (Lipinski definition) is 3. The number of aromatic hydroxyl groups is 1. The van der Waals surface area contributed by atoms with Crippen molar-refractivity contribution in [3.05, 3.63) is 163 Å². The van der Waals surface area contributed by atoms with E-state index in [0.717, 1.165) is 34.1 Å². The van der Waals surface area contributed by atoms with Gasteiger partial charge >= 0.3 is 0 Å². The Morgan fingerprint density at radius 2 is 0.929 bits per heavy atom. The molecule has 3 nitrogen and oxygen atoms in total. The predicted octanol–water partition coefficient (Wildman–Crippen LogP) is 10.6. The summed E-state index contributed by atoms with van der Waals surface area (Å²) in [5.41, 5.74) is 11.1. The number of benzene rings is 6. The molecule has 0 spiro atoms. The molecular weight excluding hydrogens is 512 g/mol. The largest absolute Gasteiger partial charge is 0.508 e. The number of phenols is 1. The number of fused-ring (bicyclic) bond motifs is 3. The van der Waals surface area contributed by atoms with E-state index >= 15 is 0 Å². The first kappa shape index (κ1) is 25.7. The van der Waals surface area contributed by atoms with Gasteiger partial charge in [-0.05, 0) is 82.9 Å². The second-order valence-electron chi connectivity index (χ2n) is 11.3. The summed E-state index contributed by atoms with van der Waals surface area (Å²) in [7, 11) is 0. The molecule has 0 aromatic heterocycles. The van der Waals surface area contributed by atoms with Crippen LogP contribution in [0.25, 0.3) is 11.1 Å². The standard InChI is InChI=1S/C39H32N2O/c1-39(2)35-21-13-12-20-33(35)34-26-31(22-24-36(34)39)41(30-18-10-5-11-19-30)37-25-23-32(42)27-38(37)40(28-14-6-3-7-15-28)29-16-8-4-9-17-29/h3-27,42H,1-2H3. The molecule has 0 saturated carbocycles. The van der Waals surface area contributed by atoms with Crippen LogP contribution in [0, 0.1) is 0 Å². The summed E-state index contributed by atoms with van der Waals surface area (Å²) in [5, 5.41) is 10.9. The highest BCUT2D eigenvalue weighted by molar-refractivity contribution is 5.93. The van der Waals surface area contributed by atoms with E-state index in [4.69, 9.17) is 0 Å². The van der Waals surface area contributed by atoms with Gasteiger partial charge in [0.1, 0.15) is 5.75 Å². The molecule has 0 atom stereocenters. The smallest absolute Gasteiger partial charge is 0.117 e. The molecule has 0 saturated heterocycles. The zero-order valence-electron chi connectivity index (χ0n) is 23.8. The van der Waals surface area contributed by atoms with Crippen LogP contribution in [0.3, 0.4) is 0 Å². The second kappa shape index (κ2) is 10.3. The van der Waals surface area contributed by atoms with E-state index in [0.29, 0.717) is 0 Å². The van der Waals surface area contributed by atoms with Crippen molar-refractivity contribution in [3.8, 4) is 16.9 Å². The van der Waals surface area contributed by atoms with Crippen LogP contribution in [0.4, 0.5) is 34.1 Å². The summed E-state index contributed by atoms with van der Waals surface area (Å²) < 4.78 is 0.